The van der Waals surface area contributed by atoms with Crippen LogP contribution < -0.4 is 11.1 Å². The average molecular weight is 1350 g/mol. The largest absolute Gasteiger partial charge is 0.462 e. The number of rotatable bonds is 40. The van der Waals surface area contributed by atoms with Crippen LogP contribution >= 0.6 is 45.1 Å². The molecule has 5 atom stereocenters. The van der Waals surface area contributed by atoms with E-state index in [2.05, 4.69) is 10.2 Å². The fourth-order valence-electron chi connectivity index (χ4n) is 6.14. The molecule has 1 heterocycles. The maximum atomic E-state index is 12.7. The Morgan fingerprint density at radius 2 is 0.929 bits per heavy atom. The molecule has 0 aromatic carbocycles. The van der Waals surface area contributed by atoms with Crippen molar-refractivity contribution < 1.29 is 145 Å². The third-order valence-corrected chi connectivity index (χ3v) is 25.1. The zero-order chi connectivity index (χ0) is 65.4. The molecule has 0 aromatic heterocycles. The molecular formula is C45H89N3O31P6. The highest BCUT2D eigenvalue weighted by Crippen LogP contribution is 2.77. The standard InChI is InChI=1S/C19H38NO13P3.C13H23NO11P2.C12H24NO7P.CH4/c1-8-17(22)30-13-15(33-18(23)9-2)14-32-35(7,26)31-11-10-20-16(21)12-19(24,34(5,6)25)36(27,28-3)29-4;1-21-26(19,22-2)13(18,27(20,23-3)24-4)9-5-6-12(17)25-14-10(15)7-8-11(14)16;1-4-11(14)17-8-10(20-12(15)5-2)9-19-21(3,16)18-7-6-13;/h15,24H,8-14H2,1-7H3,(H,20,21);18H,5-9H2,1-4H3;10H,4-9,13H2,1-3H3;1H4. The lowest BCUT2D eigenvalue weighted by Crippen LogP contribution is -2.38. The highest BCUT2D eigenvalue weighted by molar-refractivity contribution is 7.78. The van der Waals surface area contributed by atoms with Gasteiger partial charge in [-0.05, 0) is 19.8 Å². The summed E-state index contributed by atoms with van der Waals surface area (Å²) in [6.45, 7) is 10.00. The molecule has 5 unspecified atom stereocenters. The first-order valence-electron chi connectivity index (χ1n) is 25.5. The van der Waals surface area contributed by atoms with E-state index in [0.717, 1.165) is 62.7 Å². The van der Waals surface area contributed by atoms with Gasteiger partial charge in [0, 0.05) is 120 Å². The molecule has 0 spiro atoms. The van der Waals surface area contributed by atoms with Gasteiger partial charge in [-0.1, -0.05) is 35.1 Å². The van der Waals surface area contributed by atoms with Gasteiger partial charge in [-0.25, -0.2) is 4.79 Å². The second kappa shape index (κ2) is 41.2. The van der Waals surface area contributed by atoms with Crippen molar-refractivity contribution in [1.29, 1.82) is 0 Å². The van der Waals surface area contributed by atoms with E-state index in [4.69, 9.17) is 69.9 Å². The summed E-state index contributed by atoms with van der Waals surface area (Å²) in [4.78, 5) is 97.0. The molecule has 500 valence electrons. The van der Waals surface area contributed by atoms with E-state index in [1.54, 1.807) is 27.7 Å². The smallest absolute Gasteiger partial charge is 0.374 e. The number of nitrogens with zero attached hydrogens (tertiary/aromatic N) is 1. The molecule has 0 saturated carbocycles. The number of esters is 4. The van der Waals surface area contributed by atoms with E-state index in [-0.39, 0.29) is 105 Å². The number of hydroxylamine groups is 2. The first kappa shape index (κ1) is 86.0. The number of ether oxygens (including phenoxy) is 4. The van der Waals surface area contributed by atoms with Gasteiger partial charge in [-0.15, -0.1) is 5.06 Å². The van der Waals surface area contributed by atoms with E-state index in [0.29, 0.717) is 5.06 Å². The molecule has 3 amide bonds. The number of amides is 3. The second-order valence-electron chi connectivity index (χ2n) is 17.5. The van der Waals surface area contributed by atoms with Crippen LogP contribution in [0.3, 0.4) is 0 Å². The number of carbonyl (C=O) groups is 8. The van der Waals surface area contributed by atoms with Crippen molar-refractivity contribution in [2.75, 3.05) is 122 Å². The molecule has 1 rings (SSSR count). The van der Waals surface area contributed by atoms with Gasteiger partial charge in [-0.2, -0.15) is 0 Å². The number of nitrogens with one attached hydrogen (secondary N) is 1. The van der Waals surface area contributed by atoms with Crippen LogP contribution in [0.4, 0.5) is 0 Å². The van der Waals surface area contributed by atoms with Crippen molar-refractivity contribution >= 4 is 92.7 Å². The summed E-state index contributed by atoms with van der Waals surface area (Å²) >= 11 is 0. The van der Waals surface area contributed by atoms with E-state index >= 15 is 0 Å². The van der Waals surface area contributed by atoms with E-state index in [1.807, 2.05) is 0 Å². The third-order valence-electron chi connectivity index (χ3n) is 10.9. The predicted molar refractivity (Wildman–Crippen MR) is 302 cm³/mol. The lowest BCUT2D eigenvalue weighted by atomic mass is 10.2. The lowest BCUT2D eigenvalue weighted by molar-refractivity contribution is -0.197. The van der Waals surface area contributed by atoms with Gasteiger partial charge in [0.25, 0.3) is 16.9 Å². The molecule has 0 aromatic rings. The van der Waals surface area contributed by atoms with Crippen molar-refractivity contribution in [3.05, 3.63) is 0 Å². The Balaban J connectivity index is -0.00000122. The molecular weight excluding hydrogens is 1260 g/mol. The predicted octanol–water partition coefficient (Wildman–Crippen LogP) is 5.47. The lowest BCUT2D eigenvalue weighted by Gasteiger charge is -2.36. The highest BCUT2D eigenvalue weighted by atomic mass is 31.2. The van der Waals surface area contributed by atoms with Crippen molar-refractivity contribution in [1.82, 2.24) is 10.4 Å². The summed E-state index contributed by atoms with van der Waals surface area (Å²) in [6, 6.07) is 0. The number of nitrogens with two attached hydrogens (primary N) is 1. The Labute approximate surface area is 496 Å². The molecule has 1 aliphatic rings. The summed E-state index contributed by atoms with van der Waals surface area (Å²) < 4.78 is 144. The summed E-state index contributed by atoms with van der Waals surface area (Å²) in [5.74, 6) is -5.04. The van der Waals surface area contributed by atoms with Crippen LogP contribution in [-0.4, -0.2) is 207 Å². The van der Waals surface area contributed by atoms with Crippen LogP contribution in [0.15, 0.2) is 0 Å². The minimum atomic E-state index is -4.39. The minimum absolute atomic E-state index is 0. The van der Waals surface area contributed by atoms with Gasteiger partial charge in [0.15, 0.2) is 12.2 Å². The monoisotopic (exact) mass is 1350 g/mol. The number of carbonyl (C=O) groups excluding carboxylic acids is 8. The molecule has 5 N–H and O–H groups in total. The van der Waals surface area contributed by atoms with E-state index in [1.165, 1.54) is 6.66 Å². The highest BCUT2D eigenvalue weighted by Gasteiger charge is 2.63. The molecule has 0 bridgehead atoms. The SMILES string of the molecule is C.CCC(=O)OCC(COP(C)(=O)OCCN)OC(=O)CC.CCC(=O)OCC(COP(C)(=O)OCCNC(=O)CC(O)(P(C)(C)=O)P(=O)(OC)OC)OC(=O)CC.COP(=O)(OC)C(O)(CCCC(=O)ON1C(=O)CCC1=O)P(=O)(OC)OC. The van der Waals surface area contributed by atoms with Crippen LogP contribution in [0, 0.1) is 0 Å². The molecule has 34 nitrogen and oxygen atoms in total. The number of hydrogen-bond acceptors (Lipinski definition) is 32. The van der Waals surface area contributed by atoms with Gasteiger partial charge in [0.2, 0.25) is 11.0 Å². The van der Waals surface area contributed by atoms with E-state index in [9.17, 15) is 76.0 Å². The summed E-state index contributed by atoms with van der Waals surface area (Å²) in [6.07, 6.45) is -3.39. The van der Waals surface area contributed by atoms with Crippen LogP contribution in [0.1, 0.15) is 99.3 Å². The first-order valence-corrected chi connectivity index (χ1v) is 36.7. The zero-order valence-electron chi connectivity index (χ0n) is 49.8. The summed E-state index contributed by atoms with van der Waals surface area (Å²) in [5, 5.41) is 19.1. The Hall–Kier alpha value is -3.18. The van der Waals surface area contributed by atoms with E-state index < -0.39 is 134 Å². The van der Waals surface area contributed by atoms with Crippen LogP contribution in [-0.2, 0) is 135 Å². The molecule has 1 saturated heterocycles. The fourth-order valence-corrected chi connectivity index (χ4v) is 17.0. The minimum Gasteiger partial charge on any atom is -0.462 e. The van der Waals surface area contributed by atoms with Gasteiger partial charge >= 0.3 is 67.8 Å². The fraction of sp³-hybridized carbons (Fsp3) is 0.822. The molecule has 1 fully saturated rings. The Morgan fingerprint density at radius 3 is 1.27 bits per heavy atom. The molecule has 0 aliphatic carbocycles. The Morgan fingerprint density at radius 1 is 0.565 bits per heavy atom. The maximum Gasteiger partial charge on any atom is 0.374 e. The Bertz CT molecular complexity index is 2380. The quantitative estimate of drug-likeness (QED) is 0.0194. The number of hydrogen-bond donors (Lipinski definition) is 4. The number of imide groups is 1. The molecule has 85 heavy (non-hydrogen) atoms. The summed E-state index contributed by atoms with van der Waals surface area (Å²) in [5.41, 5.74) is 5.24. The van der Waals surface area contributed by atoms with Crippen molar-refractivity contribution in [2.45, 2.75) is 122 Å². The van der Waals surface area contributed by atoms with Gasteiger partial charge in [0.1, 0.15) is 20.4 Å². The van der Waals surface area contributed by atoms with Gasteiger partial charge in [0.05, 0.1) is 32.8 Å². The topological polar surface area (TPSA) is 459 Å². The van der Waals surface area contributed by atoms with Gasteiger partial charge in [-0.3, -0.25) is 56.4 Å². The Kier molecular flexibility index (Phi) is 41.7. The van der Waals surface area contributed by atoms with Crippen LogP contribution in [0.2, 0.25) is 0 Å². The number of aliphatic hydroxyl groups is 2. The van der Waals surface area contributed by atoms with Crippen molar-refractivity contribution in [2.24, 2.45) is 5.73 Å². The zero-order valence-corrected chi connectivity index (χ0v) is 55.2. The first-order chi connectivity index (χ1) is 38.9. The van der Waals surface area contributed by atoms with Gasteiger partial charge < -0.3 is 94.9 Å². The van der Waals surface area contributed by atoms with Crippen molar-refractivity contribution in [3.63, 3.8) is 0 Å². The second-order valence-corrected chi connectivity index (χ2v) is 33.2. The molecule has 1 aliphatic heterocycles. The van der Waals surface area contributed by atoms with Crippen LogP contribution in [0.25, 0.3) is 0 Å². The summed E-state index contributed by atoms with van der Waals surface area (Å²) in [7, 11) is -17.8. The average Bonchev–Trinajstić information content (AvgIpc) is 3.79. The molecule has 0 radical (unpaired) electrons. The van der Waals surface area contributed by atoms with Crippen LogP contribution in [0.5, 0.6) is 0 Å². The normalized spacial score (nSPS) is 15.8. The third kappa shape index (κ3) is 29.3. The maximum absolute atomic E-state index is 12.7. The molecule has 40 heteroatoms. The van der Waals surface area contributed by atoms with Crippen molar-refractivity contribution in [3.8, 4) is 0 Å².